The van der Waals surface area contributed by atoms with E-state index in [1.54, 1.807) is 6.92 Å². The highest BCUT2D eigenvalue weighted by Crippen LogP contribution is 2.33. The number of aliphatic hydroxyl groups is 1. The number of benzene rings is 1. The number of aliphatic hydroxyl groups excluding tert-OH is 1. The van der Waals surface area contributed by atoms with Crippen molar-refractivity contribution >= 4 is 21.9 Å². The first-order valence-corrected chi connectivity index (χ1v) is 6.97. The molecule has 3 nitrogen and oxygen atoms in total. The molecule has 1 aromatic carbocycles. The SMILES string of the molecule is CCOC(=O)C(C(C)C)C(O)c1cc(F)ccc1Br. The molecule has 1 N–H and O–H groups in total. The maximum atomic E-state index is 13.3. The first-order valence-electron chi connectivity index (χ1n) is 6.18. The van der Waals surface area contributed by atoms with Gasteiger partial charge in [0.15, 0.2) is 0 Å². The lowest BCUT2D eigenvalue weighted by Crippen LogP contribution is -2.29. The van der Waals surface area contributed by atoms with Crippen LogP contribution in [0.4, 0.5) is 4.39 Å². The summed E-state index contributed by atoms with van der Waals surface area (Å²) >= 11 is 3.26. The van der Waals surface area contributed by atoms with Crippen molar-refractivity contribution < 1.29 is 19.0 Å². The van der Waals surface area contributed by atoms with E-state index in [1.165, 1.54) is 18.2 Å². The van der Waals surface area contributed by atoms with Gasteiger partial charge < -0.3 is 9.84 Å². The van der Waals surface area contributed by atoms with Crippen molar-refractivity contribution in [2.75, 3.05) is 6.61 Å². The topological polar surface area (TPSA) is 46.5 Å². The maximum Gasteiger partial charge on any atom is 0.312 e. The van der Waals surface area contributed by atoms with Crippen LogP contribution in [0.15, 0.2) is 22.7 Å². The minimum absolute atomic E-state index is 0.121. The molecule has 0 aromatic heterocycles. The van der Waals surface area contributed by atoms with E-state index in [-0.39, 0.29) is 12.5 Å². The van der Waals surface area contributed by atoms with Gasteiger partial charge in [0.1, 0.15) is 5.82 Å². The molecule has 2 unspecified atom stereocenters. The second-order valence-electron chi connectivity index (χ2n) is 4.63. The molecule has 0 saturated heterocycles. The van der Waals surface area contributed by atoms with Crippen LogP contribution in [0.2, 0.25) is 0 Å². The molecule has 0 aliphatic rings. The van der Waals surface area contributed by atoms with Gasteiger partial charge in [-0.1, -0.05) is 29.8 Å². The fraction of sp³-hybridized carbons (Fsp3) is 0.500. The molecule has 0 fully saturated rings. The van der Waals surface area contributed by atoms with Crippen molar-refractivity contribution in [1.82, 2.24) is 0 Å². The summed E-state index contributed by atoms with van der Waals surface area (Å²) in [7, 11) is 0. The van der Waals surface area contributed by atoms with Gasteiger partial charge in [-0.3, -0.25) is 4.79 Å². The van der Waals surface area contributed by atoms with Crippen LogP contribution < -0.4 is 0 Å². The third-order valence-electron chi connectivity index (χ3n) is 2.89. The zero-order valence-electron chi connectivity index (χ0n) is 11.2. The fourth-order valence-corrected chi connectivity index (χ4v) is 2.42. The van der Waals surface area contributed by atoms with Crippen LogP contribution in [0.5, 0.6) is 0 Å². The molecule has 0 amide bonds. The predicted octanol–water partition coefficient (Wildman–Crippen LogP) is 3.46. The molecule has 5 heteroatoms. The van der Waals surface area contributed by atoms with Crippen LogP contribution in [0, 0.1) is 17.7 Å². The van der Waals surface area contributed by atoms with Gasteiger partial charge in [0, 0.05) is 4.47 Å². The number of hydrogen-bond acceptors (Lipinski definition) is 3. The normalized spacial score (nSPS) is 14.3. The Kier molecular flexibility index (Phi) is 5.94. The quantitative estimate of drug-likeness (QED) is 0.840. The van der Waals surface area contributed by atoms with Gasteiger partial charge in [-0.05, 0) is 36.6 Å². The Hall–Kier alpha value is -0.940. The fourth-order valence-electron chi connectivity index (χ4n) is 1.94. The molecule has 0 saturated carbocycles. The van der Waals surface area contributed by atoms with Gasteiger partial charge in [0.25, 0.3) is 0 Å². The number of ether oxygens (including phenoxy) is 1. The number of esters is 1. The van der Waals surface area contributed by atoms with E-state index in [2.05, 4.69) is 15.9 Å². The predicted molar refractivity (Wildman–Crippen MR) is 74.0 cm³/mol. The van der Waals surface area contributed by atoms with Crippen LogP contribution in [0.3, 0.4) is 0 Å². The molecular formula is C14H18BrFO3. The average molecular weight is 333 g/mol. The highest BCUT2D eigenvalue weighted by Gasteiger charge is 2.33. The number of halogens is 2. The molecule has 0 aliphatic heterocycles. The van der Waals surface area contributed by atoms with Crippen molar-refractivity contribution in [1.29, 1.82) is 0 Å². The van der Waals surface area contributed by atoms with Crippen molar-refractivity contribution in [3.05, 3.63) is 34.1 Å². The van der Waals surface area contributed by atoms with Crippen molar-refractivity contribution in [2.45, 2.75) is 26.9 Å². The van der Waals surface area contributed by atoms with Gasteiger partial charge in [0.2, 0.25) is 0 Å². The summed E-state index contributed by atoms with van der Waals surface area (Å²) in [4.78, 5) is 11.9. The van der Waals surface area contributed by atoms with Crippen molar-refractivity contribution in [3.63, 3.8) is 0 Å². The number of carbonyl (C=O) groups excluding carboxylic acids is 1. The molecule has 19 heavy (non-hydrogen) atoms. The van der Waals surface area contributed by atoms with Gasteiger partial charge >= 0.3 is 5.97 Å². The lowest BCUT2D eigenvalue weighted by molar-refractivity contribution is -0.154. The summed E-state index contributed by atoms with van der Waals surface area (Å²) in [6, 6.07) is 4.02. The third kappa shape index (κ3) is 4.01. The largest absolute Gasteiger partial charge is 0.466 e. The summed E-state index contributed by atoms with van der Waals surface area (Å²) in [6.07, 6.45) is -1.11. The van der Waals surface area contributed by atoms with Gasteiger partial charge in [-0.25, -0.2) is 4.39 Å². The van der Waals surface area contributed by atoms with Crippen LogP contribution >= 0.6 is 15.9 Å². The van der Waals surface area contributed by atoms with Crippen molar-refractivity contribution in [3.8, 4) is 0 Å². The maximum absolute atomic E-state index is 13.3. The van der Waals surface area contributed by atoms with E-state index in [0.29, 0.717) is 10.0 Å². The Bertz CT molecular complexity index is 448. The Balaban J connectivity index is 3.08. The zero-order valence-corrected chi connectivity index (χ0v) is 12.8. The smallest absolute Gasteiger partial charge is 0.312 e. The second-order valence-corrected chi connectivity index (χ2v) is 5.49. The van der Waals surface area contributed by atoms with E-state index in [1.807, 2.05) is 13.8 Å². The molecule has 0 aliphatic carbocycles. The number of carbonyl (C=O) groups is 1. The molecule has 2 atom stereocenters. The number of hydrogen-bond donors (Lipinski definition) is 1. The van der Waals surface area contributed by atoms with E-state index in [0.717, 1.165) is 0 Å². The minimum Gasteiger partial charge on any atom is -0.466 e. The zero-order chi connectivity index (χ0) is 14.6. The van der Waals surface area contributed by atoms with E-state index < -0.39 is 23.8 Å². The third-order valence-corrected chi connectivity index (χ3v) is 3.62. The van der Waals surface area contributed by atoms with Gasteiger partial charge in [-0.2, -0.15) is 0 Å². The molecule has 0 bridgehead atoms. The standard InChI is InChI=1S/C14H18BrFO3/c1-4-19-14(18)12(8(2)3)13(17)10-7-9(16)5-6-11(10)15/h5-8,12-13,17H,4H2,1-3H3. The average Bonchev–Trinajstić information content (AvgIpc) is 2.32. The van der Waals surface area contributed by atoms with Crippen LogP contribution in [-0.2, 0) is 9.53 Å². The molecular weight excluding hydrogens is 315 g/mol. The summed E-state index contributed by atoms with van der Waals surface area (Å²) in [6.45, 7) is 5.59. The Labute approximate surface area is 120 Å². The Morgan fingerprint density at radius 1 is 1.47 bits per heavy atom. The van der Waals surface area contributed by atoms with Crippen molar-refractivity contribution in [2.24, 2.45) is 11.8 Å². The minimum atomic E-state index is -1.11. The van der Waals surface area contributed by atoms with E-state index in [9.17, 15) is 14.3 Å². The van der Waals surface area contributed by atoms with Crippen LogP contribution in [0.1, 0.15) is 32.4 Å². The molecule has 1 rings (SSSR count). The molecule has 1 aromatic rings. The van der Waals surface area contributed by atoms with E-state index >= 15 is 0 Å². The Morgan fingerprint density at radius 3 is 2.63 bits per heavy atom. The highest BCUT2D eigenvalue weighted by atomic mass is 79.9. The monoisotopic (exact) mass is 332 g/mol. The molecule has 0 radical (unpaired) electrons. The van der Waals surface area contributed by atoms with Gasteiger partial charge in [0.05, 0.1) is 18.6 Å². The Morgan fingerprint density at radius 2 is 2.11 bits per heavy atom. The van der Waals surface area contributed by atoms with Crippen LogP contribution in [-0.4, -0.2) is 17.7 Å². The molecule has 0 heterocycles. The summed E-state index contributed by atoms with van der Waals surface area (Å²) in [5, 5.41) is 10.4. The first-order chi connectivity index (χ1) is 8.88. The molecule has 106 valence electrons. The molecule has 0 spiro atoms. The first kappa shape index (κ1) is 16.1. The van der Waals surface area contributed by atoms with E-state index in [4.69, 9.17) is 4.74 Å². The summed E-state index contributed by atoms with van der Waals surface area (Å²) < 4.78 is 18.8. The lowest BCUT2D eigenvalue weighted by atomic mass is 9.86. The lowest BCUT2D eigenvalue weighted by Gasteiger charge is -2.25. The highest BCUT2D eigenvalue weighted by molar-refractivity contribution is 9.10. The van der Waals surface area contributed by atoms with Crippen LogP contribution in [0.25, 0.3) is 0 Å². The summed E-state index contributed by atoms with van der Waals surface area (Å²) in [5.41, 5.74) is 0.353. The second kappa shape index (κ2) is 7.01. The summed E-state index contributed by atoms with van der Waals surface area (Å²) in [5.74, 6) is -1.77. The number of rotatable bonds is 5. The van der Waals surface area contributed by atoms with Gasteiger partial charge in [-0.15, -0.1) is 0 Å².